The van der Waals surface area contributed by atoms with E-state index in [4.69, 9.17) is 9.90 Å². The molecule has 7 heavy (non-hydrogen) atoms. The SMILES string of the molecule is CCO.[CH2-]C=O.[Mg+2]. The molecule has 0 atom stereocenters. The molecule has 0 amide bonds. The summed E-state index contributed by atoms with van der Waals surface area (Å²) in [5.41, 5.74) is 0. The average Bonchev–Trinajstić information content (AvgIpc) is 1.39. The Morgan fingerprint density at radius 2 is 1.86 bits per heavy atom. The van der Waals surface area contributed by atoms with Gasteiger partial charge in [-0.2, -0.15) is 0 Å². The van der Waals surface area contributed by atoms with Crippen LogP contribution in [-0.2, 0) is 4.79 Å². The Labute approximate surface area is 60.1 Å². The molecule has 0 aromatic carbocycles. The number of rotatable bonds is 0. The number of aliphatic hydroxyl groups is 1. The van der Waals surface area contributed by atoms with Crippen molar-refractivity contribution in [1.82, 2.24) is 0 Å². The summed E-state index contributed by atoms with van der Waals surface area (Å²) in [4.78, 5) is 8.69. The maximum Gasteiger partial charge on any atom is 2.00 e. The average molecular weight is 113 g/mol. The van der Waals surface area contributed by atoms with Crippen LogP contribution < -0.4 is 0 Å². The van der Waals surface area contributed by atoms with Crippen molar-refractivity contribution in [2.75, 3.05) is 6.61 Å². The van der Waals surface area contributed by atoms with Gasteiger partial charge in [-0.1, -0.05) is 0 Å². The predicted octanol–water partition coefficient (Wildman–Crippen LogP) is -0.363. The minimum Gasteiger partial charge on any atom is -0.397 e. The zero-order valence-corrected chi connectivity index (χ0v) is 5.97. The van der Waals surface area contributed by atoms with Crippen molar-refractivity contribution < 1.29 is 9.90 Å². The van der Waals surface area contributed by atoms with E-state index in [1.165, 1.54) is 0 Å². The van der Waals surface area contributed by atoms with Gasteiger partial charge in [0, 0.05) is 6.61 Å². The van der Waals surface area contributed by atoms with Crippen LogP contribution in [-0.4, -0.2) is 41.1 Å². The molecule has 1 N–H and O–H groups in total. The number of carbonyl (C=O) groups is 1. The third-order valence-electron chi connectivity index (χ3n) is 0. The Kier molecular flexibility index (Phi) is 75.8. The van der Waals surface area contributed by atoms with E-state index in [1.807, 2.05) is 0 Å². The number of hydrogen-bond acceptors (Lipinski definition) is 2. The number of carbonyl (C=O) groups excluding carboxylic acids is 1. The van der Waals surface area contributed by atoms with Gasteiger partial charge in [0.05, 0.1) is 0 Å². The smallest absolute Gasteiger partial charge is 0.397 e. The molecule has 38 valence electrons. The monoisotopic (exact) mass is 113 g/mol. The molecule has 0 saturated heterocycles. The van der Waals surface area contributed by atoms with Crippen LogP contribution >= 0.6 is 0 Å². The van der Waals surface area contributed by atoms with Crippen molar-refractivity contribution in [2.45, 2.75) is 6.92 Å². The molecule has 2 nitrogen and oxygen atoms in total. The van der Waals surface area contributed by atoms with Crippen LogP contribution in [0.5, 0.6) is 0 Å². The second kappa shape index (κ2) is 33.8. The van der Waals surface area contributed by atoms with Crippen LogP contribution in [0.3, 0.4) is 0 Å². The quantitative estimate of drug-likeness (QED) is 0.265. The Bertz CT molecular complexity index is 23.7. The van der Waals surface area contributed by atoms with Crippen molar-refractivity contribution in [3.63, 3.8) is 0 Å². The van der Waals surface area contributed by atoms with Gasteiger partial charge < -0.3 is 16.8 Å². The molecule has 0 aliphatic heterocycles. The van der Waals surface area contributed by atoms with Crippen molar-refractivity contribution in [3.05, 3.63) is 6.92 Å². The van der Waals surface area contributed by atoms with Gasteiger partial charge in [-0.05, 0) is 13.2 Å². The molecular weight excluding hydrogens is 104 g/mol. The first-order chi connectivity index (χ1) is 2.83. The minimum absolute atomic E-state index is 0. The minimum atomic E-state index is 0. The van der Waals surface area contributed by atoms with Crippen LogP contribution in [0.2, 0.25) is 0 Å². The standard InChI is InChI=1S/C2H6O.C2H3O.Mg/c2*1-2-3;/h3H,2H2,1H3;2H,1H2;/q;-1;+2. The number of aldehydes is 1. The topological polar surface area (TPSA) is 37.3 Å². The van der Waals surface area contributed by atoms with Gasteiger partial charge in [0.2, 0.25) is 0 Å². The maximum atomic E-state index is 8.69. The van der Waals surface area contributed by atoms with Crippen LogP contribution in [0.15, 0.2) is 0 Å². The van der Waals surface area contributed by atoms with Gasteiger partial charge in [-0.25, -0.2) is 0 Å². The molecule has 0 spiro atoms. The summed E-state index contributed by atoms with van der Waals surface area (Å²) in [7, 11) is 0. The van der Waals surface area contributed by atoms with E-state index in [0.717, 1.165) is 0 Å². The van der Waals surface area contributed by atoms with Gasteiger partial charge in [-0.15, -0.1) is 0 Å². The molecule has 0 unspecified atom stereocenters. The Balaban J connectivity index is -0.0000000400. The normalized spacial score (nSPS) is 4.29. The molecular formula is C4H9MgO2+. The van der Waals surface area contributed by atoms with Crippen LogP contribution in [0.1, 0.15) is 6.92 Å². The fourth-order valence-electron chi connectivity index (χ4n) is 0. The zero-order chi connectivity index (χ0) is 5.41. The van der Waals surface area contributed by atoms with E-state index in [0.29, 0.717) is 6.29 Å². The fraction of sp³-hybridized carbons (Fsp3) is 0.500. The van der Waals surface area contributed by atoms with E-state index < -0.39 is 0 Å². The van der Waals surface area contributed by atoms with Crippen molar-refractivity contribution in [3.8, 4) is 0 Å². The van der Waals surface area contributed by atoms with Gasteiger partial charge in [0.25, 0.3) is 0 Å². The first kappa shape index (κ1) is 15.7. The molecule has 0 rings (SSSR count). The molecule has 0 aromatic heterocycles. The van der Waals surface area contributed by atoms with Gasteiger partial charge in [0.1, 0.15) is 0 Å². The maximum absolute atomic E-state index is 8.69. The molecule has 0 aliphatic carbocycles. The summed E-state index contributed by atoms with van der Waals surface area (Å²) in [6.07, 6.45) is 0.500. The number of hydrogen-bond donors (Lipinski definition) is 1. The summed E-state index contributed by atoms with van der Waals surface area (Å²) in [6.45, 7) is 4.74. The molecule has 0 radical (unpaired) electrons. The summed E-state index contributed by atoms with van der Waals surface area (Å²) < 4.78 is 0. The Morgan fingerprint density at radius 1 is 1.86 bits per heavy atom. The van der Waals surface area contributed by atoms with Crippen molar-refractivity contribution in [2.24, 2.45) is 0 Å². The van der Waals surface area contributed by atoms with Crippen LogP contribution in [0.4, 0.5) is 0 Å². The van der Waals surface area contributed by atoms with E-state index in [9.17, 15) is 0 Å². The molecule has 0 bridgehead atoms. The first-order valence-corrected chi connectivity index (χ1v) is 1.67. The number of aliphatic hydroxyl groups excluding tert-OH is 1. The van der Waals surface area contributed by atoms with E-state index >= 15 is 0 Å². The van der Waals surface area contributed by atoms with Crippen LogP contribution in [0, 0.1) is 6.92 Å². The van der Waals surface area contributed by atoms with Crippen molar-refractivity contribution >= 4 is 29.3 Å². The Hall–Kier alpha value is 0.266. The van der Waals surface area contributed by atoms with E-state index in [2.05, 4.69) is 6.92 Å². The van der Waals surface area contributed by atoms with Gasteiger partial charge >= 0.3 is 23.1 Å². The largest absolute Gasteiger partial charge is 2.00 e. The van der Waals surface area contributed by atoms with Crippen molar-refractivity contribution in [1.29, 1.82) is 0 Å². The zero-order valence-electron chi connectivity index (χ0n) is 4.55. The predicted molar refractivity (Wildman–Crippen MR) is 29.9 cm³/mol. The molecule has 0 saturated carbocycles. The summed E-state index contributed by atoms with van der Waals surface area (Å²) >= 11 is 0. The summed E-state index contributed by atoms with van der Waals surface area (Å²) in [5.74, 6) is 0. The van der Waals surface area contributed by atoms with E-state index in [-0.39, 0.29) is 29.7 Å². The van der Waals surface area contributed by atoms with Crippen LogP contribution in [0.25, 0.3) is 0 Å². The molecule has 0 aromatic rings. The summed E-state index contributed by atoms with van der Waals surface area (Å²) in [6, 6.07) is 0. The second-order valence-corrected chi connectivity index (χ2v) is 0.483. The molecule has 0 aliphatic rings. The molecule has 3 heteroatoms. The molecule has 0 fully saturated rings. The third-order valence-corrected chi connectivity index (χ3v) is 0. The van der Waals surface area contributed by atoms with Gasteiger partial charge in [0.15, 0.2) is 0 Å². The second-order valence-electron chi connectivity index (χ2n) is 0.483. The first-order valence-electron chi connectivity index (χ1n) is 1.67. The fourth-order valence-corrected chi connectivity index (χ4v) is 0. The summed E-state index contributed by atoms with van der Waals surface area (Å²) in [5, 5.41) is 7.57. The molecule has 0 heterocycles. The van der Waals surface area contributed by atoms with Gasteiger partial charge in [-0.3, -0.25) is 0 Å². The van der Waals surface area contributed by atoms with E-state index in [1.54, 1.807) is 6.92 Å². The third kappa shape index (κ3) is 1610. The Morgan fingerprint density at radius 3 is 1.86 bits per heavy atom.